The monoisotopic (exact) mass is 224 g/mol. The Morgan fingerprint density at radius 1 is 0.706 bits per heavy atom. The smallest absolute Gasteiger partial charge is 0.0830 e. The van der Waals surface area contributed by atoms with E-state index in [0.29, 0.717) is 6.42 Å². The van der Waals surface area contributed by atoms with E-state index in [1.54, 1.807) is 0 Å². The molecule has 86 valence electrons. The number of aliphatic hydroxyl groups excluding tert-OH is 1. The zero-order valence-electron chi connectivity index (χ0n) is 9.76. The Morgan fingerprint density at radius 3 is 1.76 bits per heavy atom. The molecule has 1 heteroatoms. The first-order valence-corrected chi connectivity index (χ1v) is 6.16. The number of hydrogen-bond donors (Lipinski definition) is 1. The summed E-state index contributed by atoms with van der Waals surface area (Å²) in [5.41, 5.74) is 4.92. The minimum Gasteiger partial charge on any atom is -0.388 e. The first-order valence-electron chi connectivity index (χ1n) is 6.16. The molecule has 0 fully saturated rings. The van der Waals surface area contributed by atoms with Crippen LogP contribution in [-0.4, -0.2) is 5.11 Å². The highest BCUT2D eigenvalue weighted by Crippen LogP contribution is 2.21. The second-order valence-electron chi connectivity index (χ2n) is 4.78. The van der Waals surface area contributed by atoms with Gasteiger partial charge in [-0.15, -0.1) is 0 Å². The summed E-state index contributed by atoms with van der Waals surface area (Å²) in [7, 11) is 0. The topological polar surface area (TPSA) is 20.2 Å². The molecule has 0 saturated heterocycles. The van der Waals surface area contributed by atoms with Crippen molar-refractivity contribution in [3.05, 3.63) is 70.8 Å². The van der Waals surface area contributed by atoms with Crippen LogP contribution in [0.4, 0.5) is 0 Å². The highest BCUT2D eigenvalue weighted by Gasteiger charge is 2.10. The van der Waals surface area contributed by atoms with Gasteiger partial charge in [-0.3, -0.25) is 0 Å². The molecule has 0 amide bonds. The highest BCUT2D eigenvalue weighted by atomic mass is 16.3. The molecule has 2 aromatic carbocycles. The van der Waals surface area contributed by atoms with Crippen molar-refractivity contribution in [3.63, 3.8) is 0 Å². The molecule has 4 aliphatic carbocycles. The molecule has 0 saturated carbocycles. The Hall–Kier alpha value is -1.60. The lowest BCUT2D eigenvalue weighted by Crippen LogP contribution is -2.03. The van der Waals surface area contributed by atoms with Crippen molar-refractivity contribution >= 4 is 0 Å². The molecule has 2 aromatic rings. The van der Waals surface area contributed by atoms with Crippen molar-refractivity contribution in [1.29, 1.82) is 0 Å². The van der Waals surface area contributed by atoms with Crippen LogP contribution < -0.4 is 0 Å². The van der Waals surface area contributed by atoms with E-state index in [4.69, 9.17) is 0 Å². The molecular weight excluding hydrogens is 208 g/mol. The minimum absolute atomic E-state index is 0.394. The second-order valence-corrected chi connectivity index (χ2v) is 4.78. The van der Waals surface area contributed by atoms with Crippen LogP contribution >= 0.6 is 0 Å². The fourth-order valence-electron chi connectivity index (χ4n) is 2.38. The van der Waals surface area contributed by atoms with Gasteiger partial charge in [0.1, 0.15) is 0 Å². The van der Waals surface area contributed by atoms with Gasteiger partial charge in [-0.25, -0.2) is 0 Å². The van der Waals surface area contributed by atoms with E-state index < -0.39 is 6.10 Å². The molecule has 0 aliphatic heterocycles. The molecule has 0 spiro atoms. The van der Waals surface area contributed by atoms with Gasteiger partial charge < -0.3 is 5.11 Å². The molecule has 1 nitrogen and oxygen atoms in total. The number of rotatable bonds is 0. The Bertz CT molecular complexity index is 496. The van der Waals surface area contributed by atoms with Crippen LogP contribution in [-0.2, 0) is 19.3 Å². The van der Waals surface area contributed by atoms with Crippen LogP contribution in [0.3, 0.4) is 0 Å². The summed E-state index contributed by atoms with van der Waals surface area (Å²) in [6.07, 6.45) is 2.45. The van der Waals surface area contributed by atoms with Crippen LogP contribution in [0.1, 0.15) is 28.4 Å². The predicted octanol–water partition coefficient (Wildman–Crippen LogP) is 3.06. The predicted molar refractivity (Wildman–Crippen MR) is 69.0 cm³/mol. The summed E-state index contributed by atoms with van der Waals surface area (Å²) >= 11 is 0. The largest absolute Gasteiger partial charge is 0.388 e. The van der Waals surface area contributed by atoms with Crippen molar-refractivity contribution in [3.8, 4) is 0 Å². The Labute approximate surface area is 102 Å². The van der Waals surface area contributed by atoms with Crippen LogP contribution in [0.2, 0.25) is 0 Å². The molecule has 1 atom stereocenters. The van der Waals surface area contributed by atoms with Gasteiger partial charge in [-0.1, -0.05) is 48.5 Å². The Morgan fingerprint density at radius 2 is 1.18 bits per heavy atom. The molecule has 4 bridgehead atoms. The molecule has 6 rings (SSSR count). The van der Waals surface area contributed by atoms with Crippen molar-refractivity contribution in [2.24, 2.45) is 0 Å². The standard InChI is InChI=1S/C16H16O/c17-16-11-14-5-3-12(4-6-14)1-2-13-7-9-15(16)10-8-13/h3-10,16-17H,1-2,11H2. The number of aliphatic hydroxyl groups is 1. The summed E-state index contributed by atoms with van der Waals surface area (Å²) < 4.78 is 0. The molecular formula is C16H16O. The molecule has 0 aromatic heterocycles. The van der Waals surface area contributed by atoms with Gasteiger partial charge in [-0.2, -0.15) is 0 Å². The van der Waals surface area contributed by atoms with E-state index in [2.05, 4.69) is 36.4 Å². The molecule has 1 unspecified atom stereocenters. The maximum Gasteiger partial charge on any atom is 0.0830 e. The minimum atomic E-state index is -0.394. The number of hydrogen-bond acceptors (Lipinski definition) is 1. The normalized spacial score (nSPS) is 18.8. The first kappa shape index (κ1) is 10.5. The van der Waals surface area contributed by atoms with Gasteiger partial charge in [0.25, 0.3) is 0 Å². The van der Waals surface area contributed by atoms with Gasteiger partial charge in [0, 0.05) is 6.42 Å². The average Bonchev–Trinajstić information content (AvgIpc) is 2.36. The fraction of sp³-hybridized carbons (Fsp3) is 0.250. The molecule has 4 aliphatic rings. The van der Waals surface area contributed by atoms with Gasteiger partial charge in [-0.05, 0) is 35.1 Å². The summed E-state index contributed by atoms with van der Waals surface area (Å²) in [5.74, 6) is 0. The van der Waals surface area contributed by atoms with Gasteiger partial charge >= 0.3 is 0 Å². The van der Waals surface area contributed by atoms with Crippen LogP contribution in [0, 0.1) is 0 Å². The molecule has 1 N–H and O–H groups in total. The molecule has 0 radical (unpaired) electrons. The lowest BCUT2D eigenvalue weighted by molar-refractivity contribution is 0.178. The van der Waals surface area contributed by atoms with E-state index in [0.717, 1.165) is 18.4 Å². The van der Waals surface area contributed by atoms with Crippen LogP contribution in [0.25, 0.3) is 0 Å². The highest BCUT2D eigenvalue weighted by molar-refractivity contribution is 5.30. The van der Waals surface area contributed by atoms with Crippen molar-refractivity contribution < 1.29 is 5.11 Å². The quantitative estimate of drug-likeness (QED) is 0.729. The zero-order chi connectivity index (χ0) is 11.7. The number of benzene rings is 2. The molecule has 17 heavy (non-hydrogen) atoms. The third-order valence-electron chi connectivity index (χ3n) is 3.52. The van der Waals surface area contributed by atoms with Gasteiger partial charge in [0.2, 0.25) is 0 Å². The summed E-state index contributed by atoms with van der Waals surface area (Å²) in [5, 5.41) is 10.2. The summed E-state index contributed by atoms with van der Waals surface area (Å²) in [6, 6.07) is 17.0. The van der Waals surface area contributed by atoms with Crippen molar-refractivity contribution in [2.45, 2.75) is 25.4 Å². The average molecular weight is 224 g/mol. The third kappa shape index (κ3) is 2.25. The van der Waals surface area contributed by atoms with E-state index in [-0.39, 0.29) is 0 Å². The van der Waals surface area contributed by atoms with E-state index in [1.165, 1.54) is 16.7 Å². The van der Waals surface area contributed by atoms with Crippen molar-refractivity contribution in [2.75, 3.05) is 0 Å². The Kier molecular flexibility index (Phi) is 2.69. The van der Waals surface area contributed by atoms with E-state index in [1.807, 2.05) is 12.1 Å². The second kappa shape index (κ2) is 4.34. The zero-order valence-corrected chi connectivity index (χ0v) is 9.76. The van der Waals surface area contributed by atoms with E-state index >= 15 is 0 Å². The van der Waals surface area contributed by atoms with Crippen LogP contribution in [0.15, 0.2) is 48.5 Å². The van der Waals surface area contributed by atoms with Gasteiger partial charge in [0.05, 0.1) is 6.10 Å². The maximum atomic E-state index is 10.2. The first-order chi connectivity index (χ1) is 8.31. The summed E-state index contributed by atoms with van der Waals surface area (Å²) in [4.78, 5) is 0. The fourth-order valence-corrected chi connectivity index (χ4v) is 2.38. The Balaban J connectivity index is 2.02. The van der Waals surface area contributed by atoms with Crippen molar-refractivity contribution in [1.82, 2.24) is 0 Å². The molecule has 0 heterocycles. The van der Waals surface area contributed by atoms with Gasteiger partial charge in [0.15, 0.2) is 0 Å². The lowest BCUT2D eigenvalue weighted by atomic mass is 9.95. The summed E-state index contributed by atoms with van der Waals surface area (Å²) in [6.45, 7) is 0. The number of aryl methyl sites for hydroxylation is 2. The van der Waals surface area contributed by atoms with Crippen LogP contribution in [0.5, 0.6) is 0 Å². The third-order valence-corrected chi connectivity index (χ3v) is 3.52. The maximum absolute atomic E-state index is 10.2. The van der Waals surface area contributed by atoms with E-state index in [9.17, 15) is 5.11 Å². The SMILES string of the molecule is OC1Cc2ccc(cc2)CCc2ccc1cc2. The lowest BCUT2D eigenvalue weighted by Gasteiger charge is -2.14.